The molecule has 0 spiro atoms. The van der Waals surface area contributed by atoms with Gasteiger partial charge in [0, 0.05) is 39.5 Å². The summed E-state index contributed by atoms with van der Waals surface area (Å²) in [4.78, 5) is 8.38. The first kappa shape index (κ1) is 12.3. The molecule has 0 bridgehead atoms. The van der Waals surface area contributed by atoms with Gasteiger partial charge in [0.25, 0.3) is 0 Å². The Morgan fingerprint density at radius 3 is 1.63 bits per heavy atom. The molecule has 0 aliphatic carbocycles. The Balaban J connectivity index is 2.15. The highest BCUT2D eigenvalue weighted by molar-refractivity contribution is 14.1. The second-order valence-corrected chi connectivity index (χ2v) is 5.23. The Hall–Kier alpha value is -1.75. The van der Waals surface area contributed by atoms with Crippen molar-refractivity contribution in [3.05, 3.63) is 70.8 Å². The maximum atomic E-state index is 4.19. The van der Waals surface area contributed by atoms with Crippen molar-refractivity contribution in [3.8, 4) is 22.3 Å². The molecule has 92 valence electrons. The van der Waals surface area contributed by atoms with Crippen LogP contribution in [0.15, 0.2) is 67.3 Å². The van der Waals surface area contributed by atoms with E-state index in [0.29, 0.717) is 0 Å². The fraction of sp³-hybridized carbons (Fsp3) is 0. The van der Waals surface area contributed by atoms with Crippen LogP contribution >= 0.6 is 22.6 Å². The molecular weight excluding hydrogens is 347 g/mol. The van der Waals surface area contributed by atoms with Gasteiger partial charge in [-0.3, -0.25) is 9.97 Å². The zero-order chi connectivity index (χ0) is 13.1. The van der Waals surface area contributed by atoms with Crippen LogP contribution in [0.2, 0.25) is 0 Å². The van der Waals surface area contributed by atoms with Crippen LogP contribution in [-0.4, -0.2) is 9.97 Å². The summed E-state index contributed by atoms with van der Waals surface area (Å²) in [6.45, 7) is 0. The molecule has 19 heavy (non-hydrogen) atoms. The van der Waals surface area contributed by atoms with Crippen LogP contribution in [0, 0.1) is 3.57 Å². The number of halogens is 1. The van der Waals surface area contributed by atoms with Crippen LogP contribution in [0.3, 0.4) is 0 Å². The summed E-state index contributed by atoms with van der Waals surface area (Å²) in [6.07, 6.45) is 7.37. The first-order chi connectivity index (χ1) is 9.36. The third-order valence-electron chi connectivity index (χ3n) is 2.94. The van der Waals surface area contributed by atoms with Crippen molar-refractivity contribution in [1.82, 2.24) is 9.97 Å². The van der Waals surface area contributed by atoms with Gasteiger partial charge >= 0.3 is 0 Å². The third kappa shape index (κ3) is 2.51. The molecule has 0 aliphatic rings. The predicted octanol–water partition coefficient (Wildman–Crippen LogP) is 4.42. The summed E-state index contributed by atoms with van der Waals surface area (Å²) in [5.74, 6) is 0. The van der Waals surface area contributed by atoms with E-state index in [4.69, 9.17) is 0 Å². The second-order valence-electron chi connectivity index (χ2n) is 4.15. The number of rotatable bonds is 2. The predicted molar refractivity (Wildman–Crippen MR) is 85.6 cm³/mol. The molecule has 0 saturated carbocycles. The molecule has 2 nitrogen and oxygen atoms in total. The topological polar surface area (TPSA) is 25.8 Å². The van der Waals surface area contributed by atoms with Gasteiger partial charge in [-0.15, -0.1) is 0 Å². The Morgan fingerprint density at radius 2 is 1.21 bits per heavy atom. The van der Waals surface area contributed by atoms with Gasteiger partial charge in [-0.25, -0.2) is 0 Å². The second kappa shape index (κ2) is 5.48. The van der Waals surface area contributed by atoms with Crippen molar-refractivity contribution in [1.29, 1.82) is 0 Å². The lowest BCUT2D eigenvalue weighted by Crippen LogP contribution is -1.89. The van der Waals surface area contributed by atoms with Gasteiger partial charge in [0.1, 0.15) is 0 Å². The smallest absolute Gasteiger partial charge is 0.0346 e. The first-order valence-electron chi connectivity index (χ1n) is 5.95. The Morgan fingerprint density at radius 1 is 0.684 bits per heavy atom. The van der Waals surface area contributed by atoms with E-state index >= 15 is 0 Å². The summed E-state index contributed by atoms with van der Waals surface area (Å²) in [5, 5.41) is 0. The molecule has 3 rings (SSSR count). The largest absolute Gasteiger partial charge is 0.264 e. The number of benzene rings is 1. The zero-order valence-electron chi connectivity index (χ0n) is 10.1. The zero-order valence-corrected chi connectivity index (χ0v) is 12.3. The van der Waals surface area contributed by atoms with Crippen LogP contribution < -0.4 is 0 Å². The summed E-state index contributed by atoms with van der Waals surface area (Å²) < 4.78 is 1.22. The standard InChI is InChI=1S/C16H11IN2/c17-16-14(12-4-2-8-18-10-12)6-1-7-15(16)13-5-3-9-19-11-13/h1-11H. The lowest BCUT2D eigenvalue weighted by Gasteiger charge is -2.09. The number of nitrogens with zero attached hydrogens (tertiary/aromatic N) is 2. The molecule has 3 heteroatoms. The fourth-order valence-electron chi connectivity index (χ4n) is 2.02. The highest BCUT2D eigenvalue weighted by Crippen LogP contribution is 2.32. The molecule has 0 unspecified atom stereocenters. The van der Waals surface area contributed by atoms with E-state index in [1.165, 1.54) is 14.7 Å². The van der Waals surface area contributed by atoms with Gasteiger partial charge < -0.3 is 0 Å². The number of hydrogen-bond donors (Lipinski definition) is 0. The molecular formula is C16H11IN2. The van der Waals surface area contributed by atoms with Crippen molar-refractivity contribution >= 4 is 22.6 Å². The minimum atomic E-state index is 1.14. The van der Waals surface area contributed by atoms with Crippen LogP contribution in [0.4, 0.5) is 0 Å². The molecule has 0 amide bonds. The van der Waals surface area contributed by atoms with Crippen molar-refractivity contribution in [2.75, 3.05) is 0 Å². The summed E-state index contributed by atoms with van der Waals surface area (Å²) in [5.41, 5.74) is 4.68. The van der Waals surface area contributed by atoms with Crippen molar-refractivity contribution in [2.45, 2.75) is 0 Å². The van der Waals surface area contributed by atoms with E-state index in [2.05, 4.69) is 62.9 Å². The van der Waals surface area contributed by atoms with Gasteiger partial charge in [0.2, 0.25) is 0 Å². The van der Waals surface area contributed by atoms with E-state index in [-0.39, 0.29) is 0 Å². The highest BCUT2D eigenvalue weighted by Gasteiger charge is 2.09. The number of aromatic nitrogens is 2. The van der Waals surface area contributed by atoms with Crippen molar-refractivity contribution in [3.63, 3.8) is 0 Å². The monoisotopic (exact) mass is 358 g/mol. The maximum absolute atomic E-state index is 4.19. The third-order valence-corrected chi connectivity index (χ3v) is 4.11. The van der Waals surface area contributed by atoms with Gasteiger partial charge in [-0.2, -0.15) is 0 Å². The van der Waals surface area contributed by atoms with Crippen LogP contribution in [0.1, 0.15) is 0 Å². The van der Waals surface area contributed by atoms with Crippen molar-refractivity contribution in [2.24, 2.45) is 0 Å². The molecule has 2 heterocycles. The fourth-order valence-corrected chi connectivity index (χ4v) is 3.00. The van der Waals surface area contributed by atoms with Gasteiger partial charge in [0.05, 0.1) is 0 Å². The SMILES string of the molecule is Ic1c(-c2cccnc2)cccc1-c1cccnc1. The Kier molecular flexibility index (Phi) is 3.55. The quantitative estimate of drug-likeness (QED) is 0.634. The molecule has 1 aromatic carbocycles. The lowest BCUT2D eigenvalue weighted by molar-refractivity contribution is 1.32. The van der Waals surface area contributed by atoms with Gasteiger partial charge in [-0.1, -0.05) is 30.3 Å². The first-order valence-corrected chi connectivity index (χ1v) is 7.03. The van der Waals surface area contributed by atoms with E-state index < -0.39 is 0 Å². The highest BCUT2D eigenvalue weighted by atomic mass is 127. The van der Waals surface area contributed by atoms with E-state index in [1.54, 1.807) is 12.4 Å². The van der Waals surface area contributed by atoms with Crippen LogP contribution in [0.5, 0.6) is 0 Å². The van der Waals surface area contributed by atoms with Gasteiger partial charge in [0.15, 0.2) is 0 Å². The van der Waals surface area contributed by atoms with E-state index in [9.17, 15) is 0 Å². The number of pyridine rings is 2. The molecule has 2 aromatic heterocycles. The summed E-state index contributed by atoms with van der Waals surface area (Å²) >= 11 is 2.39. The minimum Gasteiger partial charge on any atom is -0.264 e. The summed E-state index contributed by atoms with van der Waals surface area (Å²) in [7, 11) is 0. The number of hydrogen-bond acceptors (Lipinski definition) is 2. The molecule has 0 radical (unpaired) electrons. The van der Waals surface area contributed by atoms with Crippen LogP contribution in [0.25, 0.3) is 22.3 Å². The normalized spacial score (nSPS) is 10.4. The maximum Gasteiger partial charge on any atom is 0.0346 e. The molecule has 0 aliphatic heterocycles. The van der Waals surface area contributed by atoms with E-state index in [1.807, 2.05) is 24.5 Å². The van der Waals surface area contributed by atoms with Crippen LogP contribution in [-0.2, 0) is 0 Å². The molecule has 0 N–H and O–H groups in total. The molecule has 0 fully saturated rings. The van der Waals surface area contributed by atoms with Gasteiger partial charge in [-0.05, 0) is 45.9 Å². The van der Waals surface area contributed by atoms with E-state index in [0.717, 1.165) is 11.1 Å². The molecule has 0 saturated heterocycles. The lowest BCUT2D eigenvalue weighted by atomic mass is 10.0. The molecule has 3 aromatic rings. The minimum absolute atomic E-state index is 1.14. The average molecular weight is 358 g/mol. The summed E-state index contributed by atoms with van der Waals surface area (Å²) in [6, 6.07) is 14.4. The average Bonchev–Trinajstić information content (AvgIpc) is 2.49. The Labute approximate surface area is 125 Å². The van der Waals surface area contributed by atoms with Crippen molar-refractivity contribution < 1.29 is 0 Å². The molecule has 0 atom stereocenters. The Bertz CT molecular complexity index is 624.